The molecule has 3 rings (SSSR count). The minimum Gasteiger partial charge on any atom is -0.397 e. The molecule has 0 aromatic carbocycles. The van der Waals surface area contributed by atoms with E-state index in [1.54, 1.807) is 6.07 Å². The number of carbonyl (C=O) groups excluding carboxylic acids is 1. The van der Waals surface area contributed by atoms with Crippen LogP contribution in [0.1, 0.15) is 48.6 Å². The number of nitrogen functional groups attached to an aromatic ring is 1. The van der Waals surface area contributed by atoms with Gasteiger partial charge in [-0.3, -0.25) is 4.79 Å². The van der Waals surface area contributed by atoms with Gasteiger partial charge in [0.15, 0.2) is 0 Å². The van der Waals surface area contributed by atoms with Gasteiger partial charge in [0.2, 0.25) is 0 Å². The molecule has 2 aliphatic carbocycles. The van der Waals surface area contributed by atoms with Crippen LogP contribution >= 0.6 is 0 Å². The zero-order chi connectivity index (χ0) is 12.8. The first-order valence-electron chi connectivity index (χ1n) is 6.55. The Balaban J connectivity index is 1.67. The summed E-state index contributed by atoms with van der Waals surface area (Å²) in [7, 11) is 0. The van der Waals surface area contributed by atoms with E-state index in [9.17, 15) is 9.90 Å². The van der Waals surface area contributed by atoms with Gasteiger partial charge in [-0.05, 0) is 38.2 Å². The standard InChI is InChI=1S/C13H19N3O2/c14-9-6-11(16(7-9)10-2-3-10)12(17)15-8-13(18)4-1-5-13/h6-7,10,18H,1-5,8,14H2,(H,15,17). The second-order valence-corrected chi connectivity index (χ2v) is 5.56. The van der Waals surface area contributed by atoms with Crippen molar-refractivity contribution in [3.8, 4) is 0 Å². The van der Waals surface area contributed by atoms with E-state index in [0.717, 1.165) is 32.1 Å². The summed E-state index contributed by atoms with van der Waals surface area (Å²) < 4.78 is 1.95. The summed E-state index contributed by atoms with van der Waals surface area (Å²) in [5.41, 5.74) is 6.30. The molecule has 1 amide bonds. The molecule has 0 radical (unpaired) electrons. The SMILES string of the molecule is Nc1cc(C(=O)NCC2(O)CCC2)n(C2CC2)c1. The molecule has 4 N–H and O–H groups in total. The molecule has 0 atom stereocenters. The second kappa shape index (κ2) is 4.02. The first-order chi connectivity index (χ1) is 8.57. The summed E-state index contributed by atoms with van der Waals surface area (Å²) in [5.74, 6) is -0.140. The van der Waals surface area contributed by atoms with Crippen LogP contribution in [0.5, 0.6) is 0 Å². The molecule has 0 saturated heterocycles. The molecule has 0 unspecified atom stereocenters. The lowest BCUT2D eigenvalue weighted by molar-refractivity contribution is -0.0301. The Morgan fingerprint density at radius 1 is 1.56 bits per heavy atom. The lowest BCUT2D eigenvalue weighted by Gasteiger charge is -2.36. The van der Waals surface area contributed by atoms with Gasteiger partial charge in [-0.15, -0.1) is 0 Å². The van der Waals surface area contributed by atoms with Gasteiger partial charge in [0.05, 0.1) is 11.3 Å². The number of carbonyl (C=O) groups is 1. The maximum Gasteiger partial charge on any atom is 0.268 e. The van der Waals surface area contributed by atoms with E-state index in [0.29, 0.717) is 24.0 Å². The molecular weight excluding hydrogens is 230 g/mol. The largest absolute Gasteiger partial charge is 0.397 e. The van der Waals surface area contributed by atoms with Crippen molar-refractivity contribution < 1.29 is 9.90 Å². The van der Waals surface area contributed by atoms with E-state index in [1.807, 2.05) is 10.8 Å². The lowest BCUT2D eigenvalue weighted by atomic mass is 9.80. The van der Waals surface area contributed by atoms with Crippen LogP contribution in [0.4, 0.5) is 5.69 Å². The minimum atomic E-state index is -0.682. The van der Waals surface area contributed by atoms with Crippen LogP contribution in [-0.4, -0.2) is 27.7 Å². The highest BCUT2D eigenvalue weighted by Gasteiger charge is 2.35. The average Bonchev–Trinajstić information content (AvgIpc) is 3.07. The highest BCUT2D eigenvalue weighted by atomic mass is 16.3. The van der Waals surface area contributed by atoms with Crippen molar-refractivity contribution in [1.82, 2.24) is 9.88 Å². The van der Waals surface area contributed by atoms with Gasteiger partial charge in [-0.1, -0.05) is 0 Å². The fraction of sp³-hybridized carbons (Fsp3) is 0.615. The van der Waals surface area contributed by atoms with Crippen LogP contribution in [-0.2, 0) is 0 Å². The number of anilines is 1. The molecule has 2 aliphatic rings. The summed E-state index contributed by atoms with van der Waals surface area (Å²) in [6.45, 7) is 0.335. The molecular formula is C13H19N3O2. The molecule has 18 heavy (non-hydrogen) atoms. The van der Waals surface area contributed by atoms with E-state index in [2.05, 4.69) is 5.32 Å². The molecule has 5 nitrogen and oxygen atoms in total. The fourth-order valence-electron chi connectivity index (χ4n) is 2.43. The number of hydrogen-bond donors (Lipinski definition) is 3. The van der Waals surface area contributed by atoms with Crippen molar-refractivity contribution in [3.63, 3.8) is 0 Å². The fourth-order valence-corrected chi connectivity index (χ4v) is 2.43. The molecule has 1 heterocycles. The van der Waals surface area contributed by atoms with Gasteiger partial charge in [0, 0.05) is 18.8 Å². The van der Waals surface area contributed by atoms with Crippen molar-refractivity contribution in [2.45, 2.75) is 43.7 Å². The predicted molar refractivity (Wildman–Crippen MR) is 68.2 cm³/mol. The quantitative estimate of drug-likeness (QED) is 0.746. The lowest BCUT2D eigenvalue weighted by Crippen LogP contribution is -2.48. The smallest absolute Gasteiger partial charge is 0.268 e. The third kappa shape index (κ3) is 2.10. The Hall–Kier alpha value is -1.49. The van der Waals surface area contributed by atoms with Crippen molar-refractivity contribution >= 4 is 11.6 Å². The number of nitrogens with two attached hydrogens (primary N) is 1. The normalized spacial score (nSPS) is 21.4. The molecule has 98 valence electrons. The van der Waals surface area contributed by atoms with Crippen LogP contribution in [0.15, 0.2) is 12.3 Å². The minimum absolute atomic E-state index is 0.140. The van der Waals surface area contributed by atoms with E-state index >= 15 is 0 Å². The van der Waals surface area contributed by atoms with Crippen molar-refractivity contribution in [2.24, 2.45) is 0 Å². The van der Waals surface area contributed by atoms with Crippen molar-refractivity contribution in [2.75, 3.05) is 12.3 Å². The third-order valence-electron chi connectivity index (χ3n) is 3.90. The number of aliphatic hydroxyl groups is 1. The molecule has 1 aromatic rings. The number of hydrogen-bond acceptors (Lipinski definition) is 3. The van der Waals surface area contributed by atoms with Gasteiger partial charge in [-0.2, -0.15) is 0 Å². The first kappa shape index (κ1) is 11.6. The van der Waals surface area contributed by atoms with Crippen LogP contribution in [0.25, 0.3) is 0 Å². The van der Waals surface area contributed by atoms with Gasteiger partial charge < -0.3 is 20.7 Å². The molecule has 0 spiro atoms. The summed E-state index contributed by atoms with van der Waals surface area (Å²) in [6, 6.07) is 2.13. The Morgan fingerprint density at radius 3 is 2.83 bits per heavy atom. The number of nitrogens with zero attached hydrogens (tertiary/aromatic N) is 1. The average molecular weight is 249 g/mol. The van der Waals surface area contributed by atoms with E-state index in [4.69, 9.17) is 5.73 Å². The second-order valence-electron chi connectivity index (χ2n) is 5.56. The monoisotopic (exact) mass is 249 g/mol. The Labute approximate surface area is 106 Å². The van der Waals surface area contributed by atoms with Gasteiger partial charge in [0.1, 0.15) is 5.69 Å². The summed E-state index contributed by atoms with van der Waals surface area (Å²) in [5, 5.41) is 12.8. The van der Waals surface area contributed by atoms with Gasteiger partial charge in [0.25, 0.3) is 5.91 Å². The number of nitrogens with one attached hydrogen (secondary N) is 1. The Kier molecular flexibility index (Phi) is 2.59. The van der Waals surface area contributed by atoms with E-state index in [-0.39, 0.29) is 5.91 Å². The van der Waals surface area contributed by atoms with Crippen LogP contribution in [0, 0.1) is 0 Å². The van der Waals surface area contributed by atoms with E-state index < -0.39 is 5.60 Å². The predicted octanol–water partition coefficient (Wildman–Crippen LogP) is 1.05. The topological polar surface area (TPSA) is 80.3 Å². The molecule has 5 heteroatoms. The molecule has 2 fully saturated rings. The zero-order valence-electron chi connectivity index (χ0n) is 10.4. The van der Waals surface area contributed by atoms with Crippen LogP contribution < -0.4 is 11.1 Å². The number of rotatable bonds is 4. The van der Waals surface area contributed by atoms with Gasteiger partial charge >= 0.3 is 0 Å². The maximum absolute atomic E-state index is 12.1. The highest BCUT2D eigenvalue weighted by molar-refractivity contribution is 5.94. The zero-order valence-corrected chi connectivity index (χ0v) is 10.4. The van der Waals surface area contributed by atoms with Crippen LogP contribution in [0.3, 0.4) is 0 Å². The van der Waals surface area contributed by atoms with Gasteiger partial charge in [-0.25, -0.2) is 0 Å². The number of aromatic nitrogens is 1. The molecule has 0 bridgehead atoms. The Bertz CT molecular complexity index is 473. The first-order valence-corrected chi connectivity index (χ1v) is 6.55. The maximum atomic E-state index is 12.1. The summed E-state index contributed by atoms with van der Waals surface area (Å²) in [6.07, 6.45) is 6.64. The molecule has 0 aliphatic heterocycles. The van der Waals surface area contributed by atoms with Crippen LogP contribution in [0.2, 0.25) is 0 Å². The van der Waals surface area contributed by atoms with Crippen molar-refractivity contribution in [1.29, 1.82) is 0 Å². The summed E-state index contributed by atoms with van der Waals surface area (Å²) in [4.78, 5) is 12.1. The third-order valence-corrected chi connectivity index (χ3v) is 3.90. The number of amides is 1. The van der Waals surface area contributed by atoms with Crippen molar-refractivity contribution in [3.05, 3.63) is 18.0 Å². The molecule has 1 aromatic heterocycles. The summed E-state index contributed by atoms with van der Waals surface area (Å²) >= 11 is 0. The molecule has 2 saturated carbocycles. The highest BCUT2D eigenvalue weighted by Crippen LogP contribution is 2.37. The Morgan fingerprint density at radius 2 is 2.28 bits per heavy atom. The van der Waals surface area contributed by atoms with E-state index in [1.165, 1.54) is 0 Å².